The minimum Gasteiger partial charge on any atom is -0.352 e. The van der Waals surface area contributed by atoms with Gasteiger partial charge < -0.3 is 14.6 Å². The first kappa shape index (κ1) is 22.3. The molecule has 0 saturated carbocycles. The molecular formula is C27H31N5O2. The molecule has 1 fully saturated rings. The maximum absolute atomic E-state index is 13.1. The second kappa shape index (κ2) is 10.2. The van der Waals surface area contributed by atoms with Crippen LogP contribution >= 0.6 is 0 Å². The van der Waals surface area contributed by atoms with Crippen molar-refractivity contribution >= 4 is 22.6 Å². The molecule has 34 heavy (non-hydrogen) atoms. The lowest BCUT2D eigenvalue weighted by Gasteiger charge is -2.19. The summed E-state index contributed by atoms with van der Waals surface area (Å²) < 4.78 is 3.57. The standard InChI is InChI=1S/C27H31N5O2/c33-26(29-15-7-18-30-16-3-1-2-4-17-30)22-12-10-21(11-13-22)20-32-25-23(8-5-14-28-25)31-19-6-9-24(31)27(32)34/h5-6,8-14,19H,1-4,7,15-18,20H2,(H,29,33). The molecule has 0 unspecified atom stereocenters. The van der Waals surface area contributed by atoms with Crippen LogP contribution in [0.5, 0.6) is 0 Å². The highest BCUT2D eigenvalue weighted by Crippen LogP contribution is 2.15. The number of likely N-dealkylation sites (tertiary alicyclic amines) is 1. The Bertz CT molecular complexity index is 1330. The first-order valence-electron chi connectivity index (χ1n) is 12.2. The van der Waals surface area contributed by atoms with Gasteiger partial charge in [0.15, 0.2) is 5.65 Å². The quantitative estimate of drug-likeness (QED) is 0.430. The number of nitrogens with zero attached hydrogens (tertiary/aromatic N) is 4. The molecule has 3 aromatic heterocycles. The van der Waals surface area contributed by atoms with E-state index in [0.717, 1.165) is 24.0 Å². The van der Waals surface area contributed by atoms with E-state index in [-0.39, 0.29) is 11.5 Å². The lowest BCUT2D eigenvalue weighted by molar-refractivity contribution is 0.0951. The van der Waals surface area contributed by atoms with E-state index in [1.807, 2.05) is 59.1 Å². The Morgan fingerprint density at radius 2 is 1.71 bits per heavy atom. The van der Waals surface area contributed by atoms with Crippen molar-refractivity contribution in [2.24, 2.45) is 0 Å². The third-order valence-corrected chi connectivity index (χ3v) is 6.69. The van der Waals surface area contributed by atoms with Crippen LogP contribution in [0.15, 0.2) is 65.7 Å². The van der Waals surface area contributed by atoms with Crippen molar-refractivity contribution in [3.05, 3.63) is 82.4 Å². The van der Waals surface area contributed by atoms with Gasteiger partial charge in [-0.15, -0.1) is 0 Å². The SMILES string of the molecule is O=C(NCCCN1CCCCCC1)c1ccc(Cn2c(=O)c3cccn3c3cccnc32)cc1. The fraction of sp³-hybridized carbons (Fsp3) is 0.370. The van der Waals surface area contributed by atoms with Gasteiger partial charge in [0, 0.05) is 24.5 Å². The van der Waals surface area contributed by atoms with Crippen LogP contribution in [0.3, 0.4) is 0 Å². The average molecular weight is 458 g/mol. The molecule has 0 bridgehead atoms. The van der Waals surface area contributed by atoms with Crippen LogP contribution in [0.1, 0.15) is 48.0 Å². The number of rotatable bonds is 7. The van der Waals surface area contributed by atoms with Gasteiger partial charge in [0.2, 0.25) is 0 Å². The fourth-order valence-corrected chi connectivity index (χ4v) is 4.84. The summed E-state index contributed by atoms with van der Waals surface area (Å²) in [4.78, 5) is 32.7. The number of fused-ring (bicyclic) bond motifs is 3. The number of aromatic nitrogens is 3. The van der Waals surface area contributed by atoms with Crippen LogP contribution in [0.2, 0.25) is 0 Å². The first-order valence-corrected chi connectivity index (χ1v) is 12.2. The molecule has 1 aromatic carbocycles. The van der Waals surface area contributed by atoms with E-state index < -0.39 is 0 Å². The average Bonchev–Trinajstić information content (AvgIpc) is 3.22. The van der Waals surface area contributed by atoms with Crippen molar-refractivity contribution < 1.29 is 4.79 Å². The summed E-state index contributed by atoms with van der Waals surface area (Å²) in [6, 6.07) is 15.0. The number of nitrogens with one attached hydrogen (secondary N) is 1. The Hall–Kier alpha value is -3.45. The maximum Gasteiger partial charge on any atom is 0.276 e. The van der Waals surface area contributed by atoms with Crippen molar-refractivity contribution in [1.29, 1.82) is 0 Å². The second-order valence-corrected chi connectivity index (χ2v) is 9.06. The van der Waals surface area contributed by atoms with Crippen molar-refractivity contribution in [2.45, 2.75) is 38.6 Å². The van der Waals surface area contributed by atoms with Gasteiger partial charge in [0.05, 0.1) is 12.1 Å². The third-order valence-electron chi connectivity index (χ3n) is 6.69. The second-order valence-electron chi connectivity index (χ2n) is 9.06. The Kier molecular flexibility index (Phi) is 6.72. The van der Waals surface area contributed by atoms with Gasteiger partial charge in [-0.2, -0.15) is 0 Å². The minimum absolute atomic E-state index is 0.0543. The van der Waals surface area contributed by atoms with Crippen LogP contribution in [-0.2, 0) is 6.54 Å². The lowest BCUT2D eigenvalue weighted by Crippen LogP contribution is -2.30. The van der Waals surface area contributed by atoms with Crippen LogP contribution in [0.25, 0.3) is 16.7 Å². The molecule has 7 nitrogen and oxygen atoms in total. The van der Waals surface area contributed by atoms with E-state index in [2.05, 4.69) is 15.2 Å². The number of hydrogen-bond acceptors (Lipinski definition) is 4. The Morgan fingerprint density at radius 3 is 2.50 bits per heavy atom. The minimum atomic E-state index is -0.0811. The molecule has 1 saturated heterocycles. The monoisotopic (exact) mass is 457 g/mol. The summed E-state index contributed by atoms with van der Waals surface area (Å²) in [5, 5.41) is 3.04. The van der Waals surface area contributed by atoms with Crippen molar-refractivity contribution in [3.8, 4) is 0 Å². The van der Waals surface area contributed by atoms with Gasteiger partial charge in [0.1, 0.15) is 5.52 Å². The van der Waals surface area contributed by atoms with Crippen molar-refractivity contribution in [2.75, 3.05) is 26.2 Å². The molecule has 7 heteroatoms. The van der Waals surface area contributed by atoms with Gasteiger partial charge >= 0.3 is 0 Å². The molecule has 1 aliphatic rings. The predicted octanol–water partition coefficient (Wildman–Crippen LogP) is 3.69. The van der Waals surface area contributed by atoms with E-state index in [1.54, 1.807) is 10.8 Å². The summed E-state index contributed by atoms with van der Waals surface area (Å²) >= 11 is 0. The van der Waals surface area contributed by atoms with E-state index in [0.29, 0.717) is 29.8 Å². The zero-order valence-corrected chi connectivity index (χ0v) is 19.4. The van der Waals surface area contributed by atoms with Crippen molar-refractivity contribution in [3.63, 3.8) is 0 Å². The first-order chi connectivity index (χ1) is 16.7. The van der Waals surface area contributed by atoms with Gasteiger partial charge in [-0.1, -0.05) is 25.0 Å². The summed E-state index contributed by atoms with van der Waals surface area (Å²) in [7, 11) is 0. The zero-order valence-electron chi connectivity index (χ0n) is 19.4. The molecule has 1 aliphatic heterocycles. The summed E-state index contributed by atoms with van der Waals surface area (Å²) in [6.45, 7) is 4.48. The highest BCUT2D eigenvalue weighted by Gasteiger charge is 2.13. The molecule has 176 valence electrons. The largest absolute Gasteiger partial charge is 0.352 e. The van der Waals surface area contributed by atoms with E-state index in [9.17, 15) is 9.59 Å². The Morgan fingerprint density at radius 1 is 0.941 bits per heavy atom. The number of benzene rings is 1. The van der Waals surface area contributed by atoms with Crippen LogP contribution in [-0.4, -0.2) is 50.9 Å². The summed E-state index contributed by atoms with van der Waals surface area (Å²) in [6.07, 6.45) is 9.80. The van der Waals surface area contributed by atoms with E-state index >= 15 is 0 Å². The molecule has 1 amide bonds. The molecule has 1 N–H and O–H groups in total. The highest BCUT2D eigenvalue weighted by atomic mass is 16.1. The fourth-order valence-electron chi connectivity index (χ4n) is 4.84. The van der Waals surface area contributed by atoms with Crippen LogP contribution in [0, 0.1) is 0 Å². The Balaban J connectivity index is 1.23. The summed E-state index contributed by atoms with van der Waals surface area (Å²) in [5.74, 6) is -0.0543. The number of carbonyl (C=O) groups excluding carboxylic acids is 1. The van der Waals surface area contributed by atoms with Gasteiger partial charge in [0.25, 0.3) is 11.5 Å². The van der Waals surface area contributed by atoms with Crippen molar-refractivity contribution in [1.82, 2.24) is 24.2 Å². The van der Waals surface area contributed by atoms with Crippen LogP contribution < -0.4 is 10.9 Å². The highest BCUT2D eigenvalue weighted by molar-refractivity contribution is 5.94. The zero-order chi connectivity index (χ0) is 23.3. The molecule has 0 spiro atoms. The van der Waals surface area contributed by atoms with Gasteiger partial charge in [-0.3, -0.25) is 14.2 Å². The summed E-state index contributed by atoms with van der Waals surface area (Å²) in [5.41, 5.74) is 3.65. The molecule has 0 radical (unpaired) electrons. The molecule has 0 aliphatic carbocycles. The van der Waals surface area contributed by atoms with E-state index in [4.69, 9.17) is 0 Å². The number of pyridine rings is 1. The van der Waals surface area contributed by atoms with Crippen LogP contribution in [0.4, 0.5) is 0 Å². The molecule has 5 rings (SSSR count). The molecule has 4 aromatic rings. The molecule has 0 atom stereocenters. The topological polar surface area (TPSA) is 71.6 Å². The molecular weight excluding hydrogens is 426 g/mol. The number of amides is 1. The smallest absolute Gasteiger partial charge is 0.276 e. The number of carbonyl (C=O) groups is 1. The normalized spacial score (nSPS) is 14.9. The van der Waals surface area contributed by atoms with Gasteiger partial charge in [-0.25, -0.2) is 4.98 Å². The molecule has 4 heterocycles. The lowest BCUT2D eigenvalue weighted by atomic mass is 10.1. The van der Waals surface area contributed by atoms with E-state index in [1.165, 1.54) is 38.8 Å². The Labute approximate surface area is 199 Å². The predicted molar refractivity (Wildman–Crippen MR) is 134 cm³/mol. The maximum atomic E-state index is 13.1. The van der Waals surface area contributed by atoms with Gasteiger partial charge in [-0.05, 0) is 80.9 Å². The third kappa shape index (κ3) is 4.75. The number of hydrogen-bond donors (Lipinski definition) is 1.